The Labute approximate surface area is 196 Å². The van der Waals surface area contributed by atoms with Crippen LogP contribution in [0.4, 0.5) is 0 Å². The first-order valence-corrected chi connectivity index (χ1v) is 11.6. The van der Waals surface area contributed by atoms with Crippen LogP contribution in [-0.2, 0) is 20.9 Å². The normalized spacial score (nSPS) is 14.1. The van der Waals surface area contributed by atoms with Gasteiger partial charge in [0.2, 0.25) is 0 Å². The minimum atomic E-state index is -0.286. The van der Waals surface area contributed by atoms with Gasteiger partial charge in [-0.3, -0.25) is 14.5 Å². The molecule has 2 aromatic carbocycles. The van der Waals surface area contributed by atoms with Gasteiger partial charge in [-0.15, -0.1) is 0 Å². The largest absolute Gasteiger partial charge is 0.491 e. The summed E-state index contributed by atoms with van der Waals surface area (Å²) in [7, 11) is 0. The van der Waals surface area contributed by atoms with Gasteiger partial charge in [-0.05, 0) is 57.9 Å². The van der Waals surface area contributed by atoms with Crippen LogP contribution in [0.3, 0.4) is 0 Å². The van der Waals surface area contributed by atoms with E-state index in [0.717, 1.165) is 11.3 Å². The highest BCUT2D eigenvalue weighted by Crippen LogP contribution is 2.33. The highest BCUT2D eigenvalue weighted by molar-refractivity contribution is 6.35. The van der Waals surface area contributed by atoms with Gasteiger partial charge >= 0.3 is 0 Å². The molecule has 1 aliphatic rings. The second-order valence-corrected chi connectivity index (χ2v) is 8.60. The number of benzene rings is 2. The first-order chi connectivity index (χ1) is 15.8. The fourth-order valence-corrected chi connectivity index (χ4v) is 3.82. The maximum atomic E-state index is 13.5. The van der Waals surface area contributed by atoms with Crippen molar-refractivity contribution in [3.05, 3.63) is 71.4 Å². The molecule has 0 unspecified atom stereocenters. The van der Waals surface area contributed by atoms with Gasteiger partial charge in [0.05, 0.1) is 30.9 Å². The molecule has 0 fully saturated rings. The van der Waals surface area contributed by atoms with E-state index >= 15 is 0 Å². The van der Waals surface area contributed by atoms with Gasteiger partial charge in [-0.2, -0.15) is 0 Å². The van der Waals surface area contributed by atoms with E-state index < -0.39 is 0 Å². The van der Waals surface area contributed by atoms with Gasteiger partial charge in [0.1, 0.15) is 11.4 Å². The number of nitrogens with zero attached hydrogens (tertiary/aromatic N) is 2. The molecule has 6 nitrogen and oxygen atoms in total. The molecule has 3 rings (SSSR count). The van der Waals surface area contributed by atoms with E-state index in [1.54, 1.807) is 0 Å². The van der Waals surface area contributed by atoms with E-state index in [9.17, 15) is 9.59 Å². The molecule has 176 valence electrons. The number of carbonyl (C=O) groups is 2. The van der Waals surface area contributed by atoms with Gasteiger partial charge in [-0.25, -0.2) is 0 Å². The van der Waals surface area contributed by atoms with Crippen LogP contribution in [-0.4, -0.2) is 53.5 Å². The molecule has 0 N–H and O–H groups in total. The lowest BCUT2D eigenvalue weighted by molar-refractivity contribution is -0.138. The Morgan fingerprint density at radius 3 is 2.12 bits per heavy atom. The lowest BCUT2D eigenvalue weighted by atomic mass is 10.0. The quantitative estimate of drug-likeness (QED) is 0.472. The molecule has 0 bridgehead atoms. The van der Waals surface area contributed by atoms with Gasteiger partial charge in [0.15, 0.2) is 0 Å². The van der Waals surface area contributed by atoms with E-state index in [4.69, 9.17) is 9.47 Å². The summed E-state index contributed by atoms with van der Waals surface area (Å²) in [6.45, 7) is 11.5. The van der Waals surface area contributed by atoms with Crippen molar-refractivity contribution >= 4 is 17.4 Å². The molecule has 0 aliphatic carbocycles. The van der Waals surface area contributed by atoms with Crippen molar-refractivity contribution in [3.8, 4) is 5.75 Å². The standard InChI is InChI=1S/C27H34N2O4/c1-6-28(18-21-10-8-7-9-11-21)25-24(22-12-14-23(15-13-22)33-20(4)5)26(30)29(27(25)31)16-17-32-19(2)3/h7-15,19-20H,6,16-18H2,1-5H3. The van der Waals surface area contributed by atoms with Crippen molar-refractivity contribution in [1.82, 2.24) is 9.80 Å². The zero-order chi connectivity index (χ0) is 24.0. The van der Waals surface area contributed by atoms with Crippen molar-refractivity contribution in [1.29, 1.82) is 0 Å². The molecular formula is C27H34N2O4. The SMILES string of the molecule is CCN(Cc1ccccc1)C1=C(c2ccc(OC(C)C)cc2)C(=O)N(CCOC(C)C)C1=O. The number of likely N-dealkylation sites (N-methyl/N-ethyl adjacent to an activating group) is 1. The fourth-order valence-electron chi connectivity index (χ4n) is 3.82. The average molecular weight is 451 g/mol. The maximum Gasteiger partial charge on any atom is 0.277 e. The summed E-state index contributed by atoms with van der Waals surface area (Å²) in [4.78, 5) is 30.3. The Hall–Kier alpha value is -3.12. The Bertz CT molecular complexity index is 981. The Kier molecular flexibility index (Phi) is 8.28. The van der Waals surface area contributed by atoms with E-state index in [0.29, 0.717) is 36.5 Å². The summed E-state index contributed by atoms with van der Waals surface area (Å²) >= 11 is 0. The molecular weight excluding hydrogens is 416 g/mol. The Morgan fingerprint density at radius 1 is 0.879 bits per heavy atom. The highest BCUT2D eigenvalue weighted by Gasteiger charge is 2.41. The maximum absolute atomic E-state index is 13.5. The number of imide groups is 1. The molecule has 33 heavy (non-hydrogen) atoms. The highest BCUT2D eigenvalue weighted by atomic mass is 16.5. The lowest BCUT2D eigenvalue weighted by Crippen LogP contribution is -2.37. The number of amides is 2. The fraction of sp³-hybridized carbons (Fsp3) is 0.407. The van der Waals surface area contributed by atoms with Crippen molar-refractivity contribution in [2.45, 2.75) is 53.4 Å². The molecule has 2 aromatic rings. The third-order valence-corrected chi connectivity index (χ3v) is 5.34. The molecule has 1 heterocycles. The number of ether oxygens (including phenoxy) is 2. The van der Waals surface area contributed by atoms with Crippen molar-refractivity contribution in [2.24, 2.45) is 0 Å². The van der Waals surface area contributed by atoms with Crippen LogP contribution in [0.2, 0.25) is 0 Å². The molecule has 6 heteroatoms. The Morgan fingerprint density at radius 2 is 1.55 bits per heavy atom. The lowest BCUT2D eigenvalue weighted by Gasteiger charge is -2.25. The summed E-state index contributed by atoms with van der Waals surface area (Å²) in [6, 6.07) is 17.3. The van der Waals surface area contributed by atoms with Gasteiger partial charge in [0.25, 0.3) is 11.8 Å². The summed E-state index contributed by atoms with van der Waals surface area (Å²) in [5.41, 5.74) is 2.65. The molecule has 0 saturated carbocycles. The van der Waals surface area contributed by atoms with Crippen LogP contribution in [0, 0.1) is 0 Å². The first kappa shape index (κ1) is 24.5. The third-order valence-electron chi connectivity index (χ3n) is 5.34. The van der Waals surface area contributed by atoms with Crippen LogP contribution in [0.1, 0.15) is 45.7 Å². The van der Waals surface area contributed by atoms with E-state index in [-0.39, 0.29) is 30.6 Å². The van der Waals surface area contributed by atoms with Gasteiger partial charge in [0, 0.05) is 13.1 Å². The van der Waals surface area contributed by atoms with Crippen LogP contribution in [0.15, 0.2) is 60.3 Å². The van der Waals surface area contributed by atoms with Gasteiger partial charge < -0.3 is 14.4 Å². The number of rotatable bonds is 11. The zero-order valence-electron chi connectivity index (χ0n) is 20.2. The molecule has 1 aliphatic heterocycles. The number of hydrogen-bond acceptors (Lipinski definition) is 5. The monoisotopic (exact) mass is 450 g/mol. The summed E-state index contributed by atoms with van der Waals surface area (Å²) in [5.74, 6) is 0.167. The van der Waals surface area contributed by atoms with Gasteiger partial charge in [-0.1, -0.05) is 42.5 Å². The second kappa shape index (κ2) is 11.1. The summed E-state index contributed by atoms with van der Waals surface area (Å²) in [6.07, 6.45) is 0.0849. The summed E-state index contributed by atoms with van der Waals surface area (Å²) in [5, 5.41) is 0. The minimum absolute atomic E-state index is 0.0310. The van der Waals surface area contributed by atoms with E-state index in [1.165, 1.54) is 4.90 Å². The van der Waals surface area contributed by atoms with E-state index in [1.807, 2.05) is 94.1 Å². The van der Waals surface area contributed by atoms with Crippen molar-refractivity contribution < 1.29 is 19.1 Å². The van der Waals surface area contributed by atoms with Crippen molar-refractivity contribution in [3.63, 3.8) is 0 Å². The van der Waals surface area contributed by atoms with Crippen molar-refractivity contribution in [2.75, 3.05) is 19.7 Å². The minimum Gasteiger partial charge on any atom is -0.491 e. The number of hydrogen-bond donors (Lipinski definition) is 0. The zero-order valence-corrected chi connectivity index (χ0v) is 20.2. The average Bonchev–Trinajstić information content (AvgIpc) is 3.03. The van der Waals surface area contributed by atoms with Crippen LogP contribution in [0.25, 0.3) is 5.57 Å². The summed E-state index contributed by atoms with van der Waals surface area (Å²) < 4.78 is 11.4. The molecule has 0 spiro atoms. The molecule has 0 radical (unpaired) electrons. The number of carbonyl (C=O) groups excluding carboxylic acids is 2. The third kappa shape index (κ3) is 6.02. The van der Waals surface area contributed by atoms with Crippen LogP contribution in [0.5, 0.6) is 5.75 Å². The predicted octanol–water partition coefficient (Wildman–Crippen LogP) is 4.50. The second-order valence-electron chi connectivity index (χ2n) is 8.60. The smallest absolute Gasteiger partial charge is 0.277 e. The molecule has 0 aromatic heterocycles. The molecule has 0 saturated heterocycles. The van der Waals surface area contributed by atoms with Crippen LogP contribution >= 0.6 is 0 Å². The molecule has 2 amide bonds. The molecule has 0 atom stereocenters. The predicted molar refractivity (Wildman–Crippen MR) is 129 cm³/mol. The van der Waals surface area contributed by atoms with E-state index in [2.05, 4.69) is 0 Å². The first-order valence-electron chi connectivity index (χ1n) is 11.6. The van der Waals surface area contributed by atoms with Crippen LogP contribution < -0.4 is 4.74 Å². The topological polar surface area (TPSA) is 59.1 Å². The Balaban J connectivity index is 1.98.